The molecule has 0 bridgehead atoms. The monoisotopic (exact) mass is 272 g/mol. The number of rotatable bonds is 4. The maximum Gasteiger partial charge on any atom is 0.328 e. The second-order valence-corrected chi connectivity index (χ2v) is 4.33. The first kappa shape index (κ1) is 14.0. The van der Waals surface area contributed by atoms with Crippen LogP contribution in [0.5, 0.6) is 0 Å². The number of nitrogens with zero attached hydrogens (tertiary/aromatic N) is 1. The van der Waals surface area contributed by atoms with E-state index in [1.54, 1.807) is 12.3 Å². The zero-order chi connectivity index (χ0) is 14.5. The van der Waals surface area contributed by atoms with Gasteiger partial charge >= 0.3 is 5.97 Å². The summed E-state index contributed by atoms with van der Waals surface area (Å²) < 4.78 is 4.66. The Hall–Kier alpha value is -2.43. The summed E-state index contributed by atoms with van der Waals surface area (Å²) in [6, 6.07) is 8.37. The summed E-state index contributed by atoms with van der Waals surface area (Å²) in [4.78, 5) is 28.0. The van der Waals surface area contributed by atoms with E-state index in [1.165, 1.54) is 7.11 Å². The fourth-order valence-electron chi connectivity index (χ4n) is 2.00. The van der Waals surface area contributed by atoms with Crippen LogP contribution in [0.15, 0.2) is 36.5 Å². The number of pyridine rings is 1. The fourth-order valence-corrected chi connectivity index (χ4v) is 2.00. The molecule has 2 rings (SSSR count). The number of benzene rings is 1. The van der Waals surface area contributed by atoms with Crippen LogP contribution in [0.2, 0.25) is 0 Å². The molecular formula is C15H16N2O3. The third-order valence-corrected chi connectivity index (χ3v) is 3.09. The quantitative estimate of drug-likeness (QED) is 0.863. The molecule has 0 fully saturated rings. The molecule has 1 atom stereocenters. The predicted molar refractivity (Wildman–Crippen MR) is 75.3 cm³/mol. The highest BCUT2D eigenvalue weighted by atomic mass is 16.5. The van der Waals surface area contributed by atoms with Crippen molar-refractivity contribution in [2.24, 2.45) is 0 Å². The lowest BCUT2D eigenvalue weighted by Crippen LogP contribution is -2.41. The van der Waals surface area contributed by atoms with Crippen LogP contribution in [0.4, 0.5) is 0 Å². The molecule has 0 radical (unpaired) electrons. The standard InChI is InChI=1S/C15H16N2O3/c1-3-12(15(19)20-2)17-14(18)11-8-9-16-13-7-5-4-6-10(11)13/h4-9,12H,3H2,1-2H3,(H,17,18)/t12-/m0/s1. The van der Waals surface area contributed by atoms with E-state index in [0.29, 0.717) is 12.0 Å². The summed E-state index contributed by atoms with van der Waals surface area (Å²) in [6.45, 7) is 1.81. The number of amides is 1. The predicted octanol–water partition coefficient (Wildman–Crippen LogP) is 1.92. The third kappa shape index (κ3) is 2.77. The Labute approximate surface area is 117 Å². The van der Waals surface area contributed by atoms with Crippen molar-refractivity contribution in [1.82, 2.24) is 10.3 Å². The highest BCUT2D eigenvalue weighted by Crippen LogP contribution is 2.16. The van der Waals surface area contributed by atoms with E-state index in [2.05, 4.69) is 15.0 Å². The molecule has 1 N–H and O–H groups in total. The van der Waals surface area contributed by atoms with Crippen molar-refractivity contribution < 1.29 is 14.3 Å². The molecule has 0 aliphatic heterocycles. The zero-order valence-corrected chi connectivity index (χ0v) is 11.4. The number of aromatic nitrogens is 1. The average molecular weight is 272 g/mol. The normalized spacial score (nSPS) is 11.9. The van der Waals surface area contributed by atoms with Crippen LogP contribution in [0.3, 0.4) is 0 Å². The molecule has 1 heterocycles. The third-order valence-electron chi connectivity index (χ3n) is 3.09. The SMILES string of the molecule is CC[C@H](NC(=O)c1ccnc2ccccc12)C(=O)OC. The minimum Gasteiger partial charge on any atom is -0.467 e. The molecule has 0 saturated heterocycles. The highest BCUT2D eigenvalue weighted by Gasteiger charge is 2.21. The van der Waals surface area contributed by atoms with E-state index in [-0.39, 0.29) is 5.91 Å². The van der Waals surface area contributed by atoms with Crippen LogP contribution in [0.1, 0.15) is 23.7 Å². The largest absolute Gasteiger partial charge is 0.467 e. The molecule has 2 aromatic rings. The summed E-state index contributed by atoms with van der Waals surface area (Å²) in [7, 11) is 1.30. The van der Waals surface area contributed by atoms with Gasteiger partial charge in [-0.2, -0.15) is 0 Å². The molecule has 5 heteroatoms. The van der Waals surface area contributed by atoms with E-state index in [9.17, 15) is 9.59 Å². The van der Waals surface area contributed by atoms with Crippen LogP contribution in [-0.4, -0.2) is 30.0 Å². The van der Waals surface area contributed by atoms with Gasteiger partial charge in [-0.25, -0.2) is 4.79 Å². The topological polar surface area (TPSA) is 68.3 Å². The van der Waals surface area contributed by atoms with E-state index in [1.807, 2.05) is 31.2 Å². The summed E-state index contributed by atoms with van der Waals surface area (Å²) >= 11 is 0. The summed E-state index contributed by atoms with van der Waals surface area (Å²) in [6.07, 6.45) is 2.05. The Morgan fingerprint density at radius 2 is 2.05 bits per heavy atom. The second-order valence-electron chi connectivity index (χ2n) is 4.33. The molecule has 0 aliphatic rings. The van der Waals surface area contributed by atoms with Gasteiger partial charge in [0, 0.05) is 11.6 Å². The number of nitrogens with one attached hydrogen (secondary N) is 1. The number of carbonyl (C=O) groups is 2. The van der Waals surface area contributed by atoms with Gasteiger partial charge < -0.3 is 10.1 Å². The Kier molecular flexibility index (Phi) is 4.30. The number of para-hydroxylation sites is 1. The molecule has 1 aromatic carbocycles. The molecule has 20 heavy (non-hydrogen) atoms. The second kappa shape index (κ2) is 6.14. The zero-order valence-electron chi connectivity index (χ0n) is 11.4. The Morgan fingerprint density at radius 1 is 1.30 bits per heavy atom. The van der Waals surface area contributed by atoms with Crippen molar-refractivity contribution in [2.75, 3.05) is 7.11 Å². The minimum atomic E-state index is -0.639. The molecule has 1 amide bonds. The first-order chi connectivity index (χ1) is 9.67. The number of hydrogen-bond donors (Lipinski definition) is 1. The highest BCUT2D eigenvalue weighted by molar-refractivity contribution is 6.06. The van der Waals surface area contributed by atoms with Gasteiger partial charge in [0.25, 0.3) is 5.91 Å². The molecule has 5 nitrogen and oxygen atoms in total. The van der Waals surface area contributed by atoms with Gasteiger partial charge in [0.15, 0.2) is 0 Å². The maximum absolute atomic E-state index is 12.3. The van der Waals surface area contributed by atoms with Crippen LogP contribution in [0.25, 0.3) is 10.9 Å². The first-order valence-corrected chi connectivity index (χ1v) is 6.39. The smallest absolute Gasteiger partial charge is 0.328 e. The summed E-state index contributed by atoms with van der Waals surface area (Å²) in [5.41, 5.74) is 1.24. The summed E-state index contributed by atoms with van der Waals surface area (Å²) in [5, 5.41) is 3.44. The lowest BCUT2D eigenvalue weighted by molar-refractivity contribution is -0.142. The van der Waals surface area contributed by atoms with Crippen molar-refractivity contribution in [2.45, 2.75) is 19.4 Å². The van der Waals surface area contributed by atoms with Gasteiger partial charge in [0.1, 0.15) is 6.04 Å². The Bertz CT molecular complexity index is 635. The molecule has 0 spiro atoms. The Balaban J connectivity index is 2.30. The minimum absolute atomic E-state index is 0.305. The van der Waals surface area contributed by atoms with Crippen LogP contribution < -0.4 is 5.32 Å². The number of ether oxygens (including phenoxy) is 1. The number of methoxy groups -OCH3 is 1. The summed E-state index contributed by atoms with van der Waals surface area (Å²) in [5.74, 6) is -0.750. The number of hydrogen-bond acceptors (Lipinski definition) is 4. The average Bonchev–Trinajstić information content (AvgIpc) is 2.51. The van der Waals surface area contributed by atoms with Gasteiger partial charge in [-0.05, 0) is 18.6 Å². The van der Waals surface area contributed by atoms with E-state index < -0.39 is 12.0 Å². The van der Waals surface area contributed by atoms with Crippen molar-refractivity contribution in [3.05, 3.63) is 42.1 Å². The van der Waals surface area contributed by atoms with E-state index >= 15 is 0 Å². The van der Waals surface area contributed by atoms with Crippen LogP contribution >= 0.6 is 0 Å². The lowest BCUT2D eigenvalue weighted by Gasteiger charge is -2.15. The van der Waals surface area contributed by atoms with Crippen molar-refractivity contribution in [3.63, 3.8) is 0 Å². The van der Waals surface area contributed by atoms with E-state index in [4.69, 9.17) is 0 Å². The van der Waals surface area contributed by atoms with Crippen molar-refractivity contribution in [3.8, 4) is 0 Å². The molecule has 0 saturated carbocycles. The molecule has 1 aromatic heterocycles. The van der Waals surface area contributed by atoms with Crippen LogP contribution in [-0.2, 0) is 9.53 Å². The van der Waals surface area contributed by atoms with Crippen molar-refractivity contribution in [1.29, 1.82) is 0 Å². The van der Waals surface area contributed by atoms with Gasteiger partial charge in [0.05, 0.1) is 18.2 Å². The maximum atomic E-state index is 12.3. The molecule has 0 aliphatic carbocycles. The van der Waals surface area contributed by atoms with Gasteiger partial charge in [-0.1, -0.05) is 25.1 Å². The van der Waals surface area contributed by atoms with E-state index in [0.717, 1.165) is 10.9 Å². The Morgan fingerprint density at radius 3 is 2.75 bits per heavy atom. The number of esters is 1. The fraction of sp³-hybridized carbons (Fsp3) is 0.267. The van der Waals surface area contributed by atoms with Gasteiger partial charge in [0.2, 0.25) is 0 Å². The van der Waals surface area contributed by atoms with Crippen LogP contribution in [0, 0.1) is 0 Å². The van der Waals surface area contributed by atoms with Crippen molar-refractivity contribution >= 4 is 22.8 Å². The number of carbonyl (C=O) groups excluding carboxylic acids is 2. The lowest BCUT2D eigenvalue weighted by atomic mass is 10.1. The molecular weight excluding hydrogens is 256 g/mol. The van der Waals surface area contributed by atoms with Gasteiger partial charge in [-0.15, -0.1) is 0 Å². The first-order valence-electron chi connectivity index (χ1n) is 6.39. The molecule has 0 unspecified atom stereocenters. The number of fused-ring (bicyclic) bond motifs is 1. The van der Waals surface area contributed by atoms with Gasteiger partial charge in [-0.3, -0.25) is 9.78 Å². The molecule has 104 valence electrons.